The van der Waals surface area contributed by atoms with Crippen LogP contribution in [0.3, 0.4) is 0 Å². The first-order valence-electron chi connectivity index (χ1n) is 12.8. The third-order valence-electron chi connectivity index (χ3n) is 8.05. The normalized spacial score (nSPS) is 25.3. The van der Waals surface area contributed by atoms with Gasteiger partial charge in [-0.05, 0) is 71.6 Å². The molecule has 1 saturated carbocycles. The fraction of sp³-hybridized carbons (Fsp3) is 0.655. The molecule has 1 amide bonds. The fourth-order valence-corrected chi connectivity index (χ4v) is 5.84. The van der Waals surface area contributed by atoms with E-state index in [2.05, 4.69) is 53.7 Å². The molecule has 1 aromatic carbocycles. The summed E-state index contributed by atoms with van der Waals surface area (Å²) in [5, 5.41) is 19.5. The van der Waals surface area contributed by atoms with Crippen molar-refractivity contribution >= 4 is 23.5 Å². The number of carboxylic acids is 1. The van der Waals surface area contributed by atoms with E-state index in [1.165, 1.54) is 0 Å². The van der Waals surface area contributed by atoms with Crippen LogP contribution < -0.4 is 0 Å². The van der Waals surface area contributed by atoms with Gasteiger partial charge in [-0.25, -0.2) is 0 Å². The Balaban J connectivity index is 1.99. The zero-order valence-electron chi connectivity index (χ0n) is 22.2. The molecule has 2 aliphatic rings. The number of hydrogen-bond donors (Lipinski definition) is 2. The van der Waals surface area contributed by atoms with E-state index in [0.717, 1.165) is 47.4 Å². The SMILES string of the molecule is CC(C)(C)CCc1ccc(C2(C)CC(=O)N(C3CC(CO)C3)C=C2C(C)(C)CCC(=O)O)cc1Cl. The fourth-order valence-electron chi connectivity index (χ4n) is 5.56. The number of aliphatic hydroxyl groups excluding tert-OH is 1. The number of carbonyl (C=O) groups is 2. The Hall–Kier alpha value is -1.85. The van der Waals surface area contributed by atoms with Gasteiger partial charge in [0.2, 0.25) is 5.91 Å². The number of rotatable bonds is 9. The van der Waals surface area contributed by atoms with Crippen molar-refractivity contribution in [1.82, 2.24) is 4.90 Å². The average Bonchev–Trinajstić information content (AvgIpc) is 2.71. The van der Waals surface area contributed by atoms with Crippen LogP contribution in [0.1, 0.15) is 91.2 Å². The number of benzene rings is 1. The van der Waals surface area contributed by atoms with Gasteiger partial charge in [0.1, 0.15) is 0 Å². The standard InChI is InChI=1S/C29H42ClNO4/c1-27(2,3)11-9-20-7-8-21(15-23(20)30)29(6)16-25(33)31(22-13-19(14-22)18-32)17-24(29)28(4,5)12-10-26(34)35/h7-8,15,17,19,22,32H,9-14,16,18H2,1-6H3,(H,34,35). The molecule has 0 radical (unpaired) electrons. The highest BCUT2D eigenvalue weighted by Crippen LogP contribution is 2.51. The van der Waals surface area contributed by atoms with Gasteiger partial charge in [0.25, 0.3) is 0 Å². The lowest BCUT2D eigenvalue weighted by Gasteiger charge is -2.50. The molecule has 1 heterocycles. The van der Waals surface area contributed by atoms with Gasteiger partial charge in [-0.1, -0.05) is 65.3 Å². The summed E-state index contributed by atoms with van der Waals surface area (Å²) in [6.07, 6.45) is 6.37. The van der Waals surface area contributed by atoms with Crippen LogP contribution in [0.4, 0.5) is 0 Å². The number of aliphatic carboxylic acids is 1. The molecule has 35 heavy (non-hydrogen) atoms. The lowest BCUT2D eigenvalue weighted by molar-refractivity contribution is -0.138. The highest BCUT2D eigenvalue weighted by atomic mass is 35.5. The predicted octanol–water partition coefficient (Wildman–Crippen LogP) is 6.35. The predicted molar refractivity (Wildman–Crippen MR) is 140 cm³/mol. The third-order valence-corrected chi connectivity index (χ3v) is 8.40. The smallest absolute Gasteiger partial charge is 0.303 e. The van der Waals surface area contributed by atoms with Gasteiger partial charge in [-0.15, -0.1) is 0 Å². The van der Waals surface area contributed by atoms with Crippen LogP contribution in [0.15, 0.2) is 30.0 Å². The van der Waals surface area contributed by atoms with Gasteiger partial charge in [0.05, 0.1) is 0 Å². The largest absolute Gasteiger partial charge is 0.481 e. The Morgan fingerprint density at radius 2 is 1.83 bits per heavy atom. The topological polar surface area (TPSA) is 77.8 Å². The van der Waals surface area contributed by atoms with Gasteiger partial charge in [0.15, 0.2) is 0 Å². The number of carboxylic acid groups (broad SMARTS) is 1. The minimum absolute atomic E-state index is 0.0663. The summed E-state index contributed by atoms with van der Waals surface area (Å²) in [6.45, 7) is 13.0. The molecule has 1 unspecified atom stereocenters. The molecule has 3 rings (SSSR count). The van der Waals surface area contributed by atoms with E-state index >= 15 is 0 Å². The average molecular weight is 504 g/mol. The zero-order valence-corrected chi connectivity index (χ0v) is 22.9. The Labute approximate surface area is 215 Å². The molecule has 0 spiro atoms. The zero-order chi connectivity index (χ0) is 26.2. The van der Waals surface area contributed by atoms with Crippen LogP contribution in [0.25, 0.3) is 0 Å². The monoisotopic (exact) mass is 503 g/mol. The van der Waals surface area contributed by atoms with E-state index in [1.807, 2.05) is 17.2 Å². The Morgan fingerprint density at radius 1 is 1.17 bits per heavy atom. The highest BCUT2D eigenvalue weighted by Gasteiger charge is 2.47. The number of aliphatic hydroxyl groups is 1. The van der Waals surface area contributed by atoms with Gasteiger partial charge >= 0.3 is 5.97 Å². The molecule has 1 atom stereocenters. The molecule has 194 valence electrons. The molecule has 1 aliphatic heterocycles. The van der Waals surface area contributed by atoms with Crippen molar-refractivity contribution in [3.05, 3.63) is 46.1 Å². The van der Waals surface area contributed by atoms with E-state index in [-0.39, 0.29) is 36.3 Å². The van der Waals surface area contributed by atoms with E-state index in [0.29, 0.717) is 12.8 Å². The number of carbonyl (C=O) groups excluding carboxylic acids is 1. The number of hydrogen-bond acceptors (Lipinski definition) is 3. The Bertz CT molecular complexity index is 987. The van der Waals surface area contributed by atoms with Crippen LogP contribution in [0.5, 0.6) is 0 Å². The summed E-state index contributed by atoms with van der Waals surface area (Å²) < 4.78 is 0. The lowest BCUT2D eigenvalue weighted by atomic mass is 9.61. The molecule has 0 aromatic heterocycles. The first-order valence-corrected chi connectivity index (χ1v) is 13.2. The maximum atomic E-state index is 13.4. The van der Waals surface area contributed by atoms with Crippen molar-refractivity contribution in [2.24, 2.45) is 16.7 Å². The van der Waals surface area contributed by atoms with Gasteiger partial charge in [-0.2, -0.15) is 0 Å². The van der Waals surface area contributed by atoms with Crippen LogP contribution in [0, 0.1) is 16.7 Å². The summed E-state index contributed by atoms with van der Waals surface area (Å²) in [4.78, 5) is 26.7. The quantitative estimate of drug-likeness (QED) is 0.411. The van der Waals surface area contributed by atoms with Crippen molar-refractivity contribution < 1.29 is 19.8 Å². The second kappa shape index (κ2) is 10.3. The molecule has 0 saturated heterocycles. The van der Waals surface area contributed by atoms with Crippen molar-refractivity contribution in [3.8, 4) is 0 Å². The second-order valence-corrected chi connectivity index (χ2v) is 13.1. The Morgan fingerprint density at radius 3 is 2.37 bits per heavy atom. The summed E-state index contributed by atoms with van der Waals surface area (Å²) in [7, 11) is 0. The van der Waals surface area contributed by atoms with Crippen LogP contribution >= 0.6 is 11.6 Å². The van der Waals surface area contributed by atoms with E-state index in [1.54, 1.807) is 0 Å². The molecule has 1 fully saturated rings. The van der Waals surface area contributed by atoms with Crippen LogP contribution in [0.2, 0.25) is 5.02 Å². The first kappa shape index (κ1) is 27.7. The third kappa shape index (κ3) is 6.29. The molecule has 1 aromatic rings. The van der Waals surface area contributed by atoms with E-state index in [9.17, 15) is 19.8 Å². The number of allylic oxidation sites excluding steroid dienone is 1. The first-order chi connectivity index (χ1) is 16.2. The number of aryl methyl sites for hydroxylation is 1. The van der Waals surface area contributed by atoms with Crippen molar-refractivity contribution in [2.45, 2.75) is 97.9 Å². The second-order valence-electron chi connectivity index (χ2n) is 12.7. The Kier molecular flexibility index (Phi) is 8.13. The van der Waals surface area contributed by atoms with Gasteiger partial charge < -0.3 is 15.1 Å². The number of amides is 1. The molecule has 1 aliphatic carbocycles. The van der Waals surface area contributed by atoms with Crippen LogP contribution in [-0.2, 0) is 21.4 Å². The van der Waals surface area contributed by atoms with Crippen molar-refractivity contribution in [3.63, 3.8) is 0 Å². The van der Waals surface area contributed by atoms with E-state index in [4.69, 9.17) is 11.6 Å². The molecular weight excluding hydrogens is 462 g/mol. The summed E-state index contributed by atoms with van der Waals surface area (Å²) in [6, 6.07) is 6.29. The minimum Gasteiger partial charge on any atom is -0.481 e. The van der Waals surface area contributed by atoms with Crippen molar-refractivity contribution in [2.75, 3.05) is 6.61 Å². The number of nitrogens with zero attached hydrogens (tertiary/aromatic N) is 1. The minimum atomic E-state index is -0.819. The van der Waals surface area contributed by atoms with Gasteiger partial charge in [0, 0.05) is 42.1 Å². The summed E-state index contributed by atoms with van der Waals surface area (Å²) in [5.74, 6) is -0.503. The summed E-state index contributed by atoms with van der Waals surface area (Å²) in [5.41, 5.74) is 2.38. The lowest BCUT2D eigenvalue weighted by Crippen LogP contribution is -2.52. The number of halogens is 1. The van der Waals surface area contributed by atoms with Gasteiger partial charge in [-0.3, -0.25) is 9.59 Å². The molecule has 5 nitrogen and oxygen atoms in total. The maximum absolute atomic E-state index is 13.4. The van der Waals surface area contributed by atoms with Crippen LogP contribution in [-0.4, -0.2) is 39.6 Å². The molecular formula is C29H42ClNO4. The summed E-state index contributed by atoms with van der Waals surface area (Å²) >= 11 is 6.77. The molecule has 6 heteroatoms. The molecule has 0 bridgehead atoms. The maximum Gasteiger partial charge on any atom is 0.303 e. The highest BCUT2D eigenvalue weighted by molar-refractivity contribution is 6.31. The molecule has 2 N–H and O–H groups in total. The van der Waals surface area contributed by atoms with Crippen molar-refractivity contribution in [1.29, 1.82) is 0 Å². The van der Waals surface area contributed by atoms with E-state index < -0.39 is 16.8 Å².